The van der Waals surface area contributed by atoms with Crippen LogP contribution in [0.15, 0.2) is 58.8 Å². The Labute approximate surface area is 206 Å². The van der Waals surface area contributed by atoms with Crippen molar-refractivity contribution in [3.8, 4) is 17.0 Å². The van der Waals surface area contributed by atoms with Crippen LogP contribution in [0, 0.1) is 6.92 Å². The van der Waals surface area contributed by atoms with Crippen LogP contribution in [0.5, 0.6) is 5.75 Å². The molecule has 8 nitrogen and oxygen atoms in total. The molecule has 3 aromatic rings. The minimum atomic E-state index is -3.54. The van der Waals surface area contributed by atoms with Gasteiger partial charge < -0.3 is 9.47 Å². The molecule has 2 aromatic carbocycles. The number of para-hydroxylation sites is 1. The minimum Gasteiger partial charge on any atom is -0.483 e. The molecule has 0 radical (unpaired) electrons. The van der Waals surface area contributed by atoms with Crippen LogP contribution in [0.3, 0.4) is 0 Å². The van der Waals surface area contributed by atoms with E-state index in [1.54, 1.807) is 24.3 Å². The third kappa shape index (κ3) is 6.41. The molecule has 4 rings (SSSR count). The van der Waals surface area contributed by atoms with E-state index in [2.05, 4.69) is 10.3 Å². The average Bonchev–Trinajstić information content (AvgIpc) is 3.34. The predicted octanol–water partition coefficient (Wildman–Crippen LogP) is 4.43. The van der Waals surface area contributed by atoms with Crippen molar-refractivity contribution in [3.63, 3.8) is 0 Å². The summed E-state index contributed by atoms with van der Waals surface area (Å²) < 4.78 is 37.7. The Morgan fingerprint density at radius 3 is 2.50 bits per heavy atom. The number of morpholine rings is 1. The number of carbonyl (C=O) groups is 1. The minimum absolute atomic E-state index is 0. The summed E-state index contributed by atoms with van der Waals surface area (Å²) in [6.45, 7) is 7.31. The molecule has 0 spiro atoms. The zero-order valence-corrected chi connectivity index (χ0v) is 21.1. The van der Waals surface area contributed by atoms with Crippen LogP contribution in [-0.4, -0.2) is 56.5 Å². The highest BCUT2D eigenvalue weighted by Gasteiger charge is 2.26. The first kappa shape index (κ1) is 25.8. The summed E-state index contributed by atoms with van der Waals surface area (Å²) >= 11 is 1.29. The van der Waals surface area contributed by atoms with Crippen molar-refractivity contribution < 1.29 is 24.1 Å². The molecule has 34 heavy (non-hydrogen) atoms. The van der Waals surface area contributed by atoms with Crippen LogP contribution in [0.2, 0.25) is 0 Å². The molecule has 1 aliphatic rings. The highest BCUT2D eigenvalue weighted by atomic mass is 32.2. The number of benzene rings is 2. The number of anilines is 1. The van der Waals surface area contributed by atoms with E-state index in [1.165, 1.54) is 15.6 Å². The molecule has 0 unspecified atom stereocenters. The maximum absolute atomic E-state index is 12.7. The average molecular weight is 506 g/mol. The number of sulfonamides is 1. The van der Waals surface area contributed by atoms with Crippen LogP contribution in [0.25, 0.3) is 11.3 Å². The summed E-state index contributed by atoms with van der Waals surface area (Å²) in [5.41, 5.74) is 2.37. The molecular formula is C24H31N3O5S2. The lowest BCUT2D eigenvalue weighted by Gasteiger charge is -2.26. The first-order valence-electron chi connectivity index (χ1n) is 11.1. The molecule has 1 N–H and O–H groups in total. The molecule has 184 valence electrons. The molecule has 0 bridgehead atoms. The molecule has 0 atom stereocenters. The number of nitrogens with zero attached hydrogens (tertiary/aromatic N) is 2. The van der Waals surface area contributed by atoms with E-state index in [1.807, 2.05) is 50.4 Å². The third-order valence-electron chi connectivity index (χ3n) is 4.96. The van der Waals surface area contributed by atoms with Gasteiger partial charge in [-0.2, -0.15) is 4.31 Å². The second-order valence-corrected chi connectivity index (χ2v) is 9.98. The largest absolute Gasteiger partial charge is 0.483 e. The zero-order valence-electron chi connectivity index (χ0n) is 19.5. The van der Waals surface area contributed by atoms with E-state index in [4.69, 9.17) is 9.47 Å². The lowest BCUT2D eigenvalue weighted by Crippen LogP contribution is -2.40. The van der Waals surface area contributed by atoms with Gasteiger partial charge in [0.05, 0.1) is 23.8 Å². The number of nitrogens with one attached hydrogen (secondary N) is 1. The summed E-state index contributed by atoms with van der Waals surface area (Å²) in [5.74, 6) is 0.357. The smallest absolute Gasteiger partial charge is 0.264 e. The van der Waals surface area contributed by atoms with Gasteiger partial charge in [-0.3, -0.25) is 10.1 Å². The zero-order chi connectivity index (χ0) is 24.6. The van der Waals surface area contributed by atoms with Crippen molar-refractivity contribution in [3.05, 3.63) is 59.5 Å². The van der Waals surface area contributed by atoms with Crippen molar-refractivity contribution in [2.75, 3.05) is 38.2 Å². The topological polar surface area (TPSA) is 97.8 Å². The first-order chi connectivity index (χ1) is 16.4. The highest BCUT2D eigenvalue weighted by Crippen LogP contribution is 2.27. The van der Waals surface area contributed by atoms with E-state index in [0.29, 0.717) is 42.9 Å². The Bertz CT molecular complexity index is 1190. The second-order valence-electron chi connectivity index (χ2n) is 7.18. The molecule has 2 heterocycles. The fraction of sp³-hybridized carbons (Fsp3) is 0.333. The van der Waals surface area contributed by atoms with Crippen LogP contribution >= 0.6 is 11.3 Å². The molecule has 1 amide bonds. The number of amides is 1. The SMILES string of the molecule is CC.Cc1ccccc1OCC(=O)Nc1nc(-c2ccc(S(=O)(=O)N3CCOCC3)cc2)cs1.[HH]. The second kappa shape index (κ2) is 12.1. The van der Waals surface area contributed by atoms with E-state index >= 15 is 0 Å². The Morgan fingerprint density at radius 2 is 1.82 bits per heavy atom. The third-order valence-corrected chi connectivity index (χ3v) is 7.63. The summed E-state index contributed by atoms with van der Waals surface area (Å²) in [4.78, 5) is 16.9. The lowest BCUT2D eigenvalue weighted by atomic mass is 10.2. The molecule has 1 aliphatic heterocycles. The fourth-order valence-corrected chi connectivity index (χ4v) is 5.36. The lowest BCUT2D eigenvalue weighted by molar-refractivity contribution is -0.118. The van der Waals surface area contributed by atoms with Gasteiger partial charge in [0.25, 0.3) is 5.91 Å². The molecule has 0 aliphatic carbocycles. The quantitative estimate of drug-likeness (QED) is 0.510. The maximum atomic E-state index is 12.7. The maximum Gasteiger partial charge on any atom is 0.264 e. The van der Waals surface area contributed by atoms with E-state index in [-0.39, 0.29) is 18.8 Å². The normalized spacial score (nSPS) is 14.1. The fourth-order valence-electron chi connectivity index (χ4n) is 3.21. The van der Waals surface area contributed by atoms with Crippen LogP contribution in [0.4, 0.5) is 5.13 Å². The van der Waals surface area contributed by atoms with Gasteiger partial charge >= 0.3 is 0 Å². The molecule has 1 fully saturated rings. The van der Waals surface area contributed by atoms with E-state index in [0.717, 1.165) is 11.1 Å². The van der Waals surface area contributed by atoms with Gasteiger partial charge in [0, 0.05) is 25.5 Å². The van der Waals surface area contributed by atoms with Crippen LogP contribution in [-0.2, 0) is 19.6 Å². The van der Waals surface area contributed by atoms with Gasteiger partial charge in [-0.15, -0.1) is 11.3 Å². The predicted molar refractivity (Wildman–Crippen MR) is 136 cm³/mol. The van der Waals surface area contributed by atoms with Crippen molar-refractivity contribution in [2.45, 2.75) is 25.7 Å². The monoisotopic (exact) mass is 505 g/mol. The van der Waals surface area contributed by atoms with Crippen LogP contribution in [0.1, 0.15) is 20.8 Å². The molecule has 0 saturated carbocycles. The summed E-state index contributed by atoms with van der Waals surface area (Å²) in [5, 5.41) is 4.99. The Morgan fingerprint density at radius 1 is 1.15 bits per heavy atom. The van der Waals surface area contributed by atoms with Crippen molar-refractivity contribution in [1.82, 2.24) is 9.29 Å². The van der Waals surface area contributed by atoms with Gasteiger partial charge in [-0.05, 0) is 30.7 Å². The summed E-state index contributed by atoms with van der Waals surface area (Å²) in [7, 11) is -3.54. The van der Waals surface area contributed by atoms with E-state index < -0.39 is 10.0 Å². The van der Waals surface area contributed by atoms with Gasteiger partial charge in [-0.25, -0.2) is 13.4 Å². The number of thiazole rings is 1. The van der Waals surface area contributed by atoms with Crippen molar-refractivity contribution in [1.29, 1.82) is 0 Å². The molecule has 1 aromatic heterocycles. The number of hydrogen-bond donors (Lipinski definition) is 1. The number of aryl methyl sites for hydroxylation is 1. The molecule has 1 saturated heterocycles. The number of rotatable bonds is 7. The summed E-state index contributed by atoms with van der Waals surface area (Å²) in [6.07, 6.45) is 0. The highest BCUT2D eigenvalue weighted by molar-refractivity contribution is 7.89. The van der Waals surface area contributed by atoms with Gasteiger partial charge in [0.15, 0.2) is 11.7 Å². The number of ether oxygens (including phenoxy) is 2. The van der Waals surface area contributed by atoms with Gasteiger partial charge in [-0.1, -0.05) is 44.2 Å². The number of carbonyl (C=O) groups excluding carboxylic acids is 1. The van der Waals surface area contributed by atoms with Crippen molar-refractivity contribution in [2.24, 2.45) is 0 Å². The Hall–Kier alpha value is -2.79. The first-order valence-corrected chi connectivity index (χ1v) is 13.4. The standard InChI is InChI=1S/C22H23N3O5S2.C2H6.H2/c1-16-4-2-3-5-20(16)30-14-21(26)24-22-23-19(15-31-22)17-6-8-18(9-7-17)32(27,28)25-10-12-29-13-11-25;1-2;/h2-9,15H,10-14H2,1H3,(H,23,24,26);1-2H3;1H. The Balaban J connectivity index is 0.00000140. The number of hydrogen-bond acceptors (Lipinski definition) is 7. The molecular weight excluding hydrogens is 474 g/mol. The number of aromatic nitrogens is 1. The Kier molecular flexibility index (Phi) is 9.17. The summed E-state index contributed by atoms with van der Waals surface area (Å²) in [6, 6.07) is 14.1. The molecule has 10 heteroatoms. The van der Waals surface area contributed by atoms with Gasteiger partial charge in [0.1, 0.15) is 5.75 Å². The van der Waals surface area contributed by atoms with Gasteiger partial charge in [0.2, 0.25) is 10.0 Å². The van der Waals surface area contributed by atoms with E-state index in [9.17, 15) is 13.2 Å². The van der Waals surface area contributed by atoms with Crippen molar-refractivity contribution >= 4 is 32.4 Å². The van der Waals surface area contributed by atoms with Crippen LogP contribution < -0.4 is 10.1 Å².